The van der Waals surface area contributed by atoms with Crippen LogP contribution in [0.2, 0.25) is 0 Å². The van der Waals surface area contributed by atoms with Crippen LogP contribution in [0.25, 0.3) is 0 Å². The van der Waals surface area contributed by atoms with E-state index in [-0.39, 0.29) is 26.3 Å². The number of aliphatic hydroxyl groups is 3. The van der Waals surface area contributed by atoms with Crippen LogP contribution >= 0.6 is 0 Å². The van der Waals surface area contributed by atoms with Crippen LogP contribution in [0.5, 0.6) is 0 Å². The third kappa shape index (κ3) is 6.13. The molecule has 2 unspecified atom stereocenters. The lowest BCUT2D eigenvalue weighted by Gasteiger charge is -2.21. The van der Waals surface area contributed by atoms with Crippen molar-refractivity contribution < 1.29 is 24.5 Å². The van der Waals surface area contributed by atoms with Gasteiger partial charge >= 0.3 is 0 Å². The van der Waals surface area contributed by atoms with E-state index in [0.717, 1.165) is 0 Å². The van der Waals surface area contributed by atoms with Gasteiger partial charge in [0.15, 0.2) is 0 Å². The summed E-state index contributed by atoms with van der Waals surface area (Å²) < 4.78 is 10.3. The Hall–Kier alpha value is -0.920. The van der Waals surface area contributed by atoms with Gasteiger partial charge in [-0.15, -0.1) is 0 Å². The third-order valence-corrected chi connectivity index (χ3v) is 2.36. The molecule has 1 aromatic heterocycles. The van der Waals surface area contributed by atoms with Crippen molar-refractivity contribution in [3.8, 4) is 0 Å². The van der Waals surface area contributed by atoms with Gasteiger partial charge in [0.05, 0.1) is 31.2 Å². The summed E-state index contributed by atoms with van der Waals surface area (Å²) >= 11 is 0. The van der Waals surface area contributed by atoms with Crippen molar-refractivity contribution in [2.45, 2.75) is 25.2 Å². The molecule has 1 heterocycles. The number of hydrogen-bond donors (Lipinski definition) is 4. The number of aliphatic hydroxyl groups excluding tert-OH is 2. The van der Waals surface area contributed by atoms with Gasteiger partial charge in [-0.25, -0.2) is 0 Å². The molecular weight excluding hydrogens is 238 g/mol. The molecule has 1 aromatic rings. The fraction of sp³-hybridized carbons (Fsp3) is 0.667. The molecule has 0 aliphatic heterocycles. The standard InChI is InChI=1S/C12H21NO5/c1-12(16,9-14)8-13-5-10(15)6-17-7-11-3-2-4-18-11/h2-4,10,13-16H,5-9H2,1H3. The first-order valence-corrected chi connectivity index (χ1v) is 5.85. The zero-order chi connectivity index (χ0) is 13.4. The van der Waals surface area contributed by atoms with Crippen molar-refractivity contribution in [2.24, 2.45) is 0 Å². The highest BCUT2D eigenvalue weighted by Crippen LogP contribution is 2.02. The molecule has 6 nitrogen and oxygen atoms in total. The van der Waals surface area contributed by atoms with Gasteiger partial charge in [-0.2, -0.15) is 0 Å². The van der Waals surface area contributed by atoms with Crippen LogP contribution in [0.4, 0.5) is 0 Å². The number of rotatable bonds is 9. The second kappa shape index (κ2) is 7.50. The van der Waals surface area contributed by atoms with E-state index in [0.29, 0.717) is 12.4 Å². The van der Waals surface area contributed by atoms with Crippen molar-refractivity contribution in [2.75, 3.05) is 26.3 Å². The number of hydrogen-bond acceptors (Lipinski definition) is 6. The van der Waals surface area contributed by atoms with Crippen molar-refractivity contribution >= 4 is 0 Å². The fourth-order valence-corrected chi connectivity index (χ4v) is 1.31. The predicted molar refractivity (Wildman–Crippen MR) is 65.0 cm³/mol. The Bertz CT molecular complexity index is 312. The number of nitrogens with one attached hydrogen (secondary N) is 1. The molecule has 0 spiro atoms. The molecule has 2 atom stereocenters. The minimum absolute atomic E-state index is 0.176. The van der Waals surface area contributed by atoms with E-state index in [1.807, 2.05) is 0 Å². The lowest BCUT2D eigenvalue weighted by Crippen LogP contribution is -2.43. The maximum absolute atomic E-state index is 9.59. The monoisotopic (exact) mass is 259 g/mol. The summed E-state index contributed by atoms with van der Waals surface area (Å²) in [5.41, 5.74) is -1.17. The third-order valence-electron chi connectivity index (χ3n) is 2.36. The first-order valence-electron chi connectivity index (χ1n) is 5.85. The van der Waals surface area contributed by atoms with E-state index in [1.54, 1.807) is 18.4 Å². The first-order chi connectivity index (χ1) is 8.53. The Kier molecular flexibility index (Phi) is 6.31. The average Bonchev–Trinajstić information content (AvgIpc) is 2.82. The van der Waals surface area contributed by atoms with Crippen molar-refractivity contribution in [1.29, 1.82) is 0 Å². The minimum Gasteiger partial charge on any atom is -0.467 e. The fourth-order valence-electron chi connectivity index (χ4n) is 1.31. The van der Waals surface area contributed by atoms with Crippen LogP contribution in [-0.2, 0) is 11.3 Å². The molecule has 0 fully saturated rings. The SMILES string of the molecule is CC(O)(CO)CNCC(O)COCc1ccco1. The highest BCUT2D eigenvalue weighted by Gasteiger charge is 2.18. The molecule has 0 amide bonds. The predicted octanol–water partition coefficient (Wildman–Crippen LogP) is -0.510. The molecule has 104 valence electrons. The molecule has 18 heavy (non-hydrogen) atoms. The summed E-state index contributed by atoms with van der Waals surface area (Å²) in [5.74, 6) is 0.707. The van der Waals surface area contributed by atoms with Gasteiger partial charge in [0.2, 0.25) is 0 Å². The molecule has 6 heteroatoms. The Morgan fingerprint density at radius 2 is 2.33 bits per heavy atom. The second-order valence-electron chi connectivity index (χ2n) is 4.53. The number of ether oxygens (including phenoxy) is 1. The second-order valence-corrected chi connectivity index (χ2v) is 4.53. The van der Waals surface area contributed by atoms with E-state index in [1.165, 1.54) is 6.92 Å². The van der Waals surface area contributed by atoms with Gasteiger partial charge in [0, 0.05) is 13.1 Å². The topological polar surface area (TPSA) is 95.1 Å². The van der Waals surface area contributed by atoms with Gasteiger partial charge in [0.1, 0.15) is 12.4 Å². The molecule has 0 saturated carbocycles. The minimum atomic E-state index is -1.17. The van der Waals surface area contributed by atoms with Crippen molar-refractivity contribution in [3.05, 3.63) is 24.2 Å². The van der Waals surface area contributed by atoms with Crippen LogP contribution in [-0.4, -0.2) is 53.3 Å². The number of furan rings is 1. The van der Waals surface area contributed by atoms with Crippen LogP contribution in [0.1, 0.15) is 12.7 Å². The highest BCUT2D eigenvalue weighted by atomic mass is 16.5. The molecule has 0 aromatic carbocycles. The largest absolute Gasteiger partial charge is 0.467 e. The van der Waals surface area contributed by atoms with Crippen LogP contribution in [0.15, 0.2) is 22.8 Å². The van der Waals surface area contributed by atoms with Crippen molar-refractivity contribution in [1.82, 2.24) is 5.32 Å². The summed E-state index contributed by atoms with van der Waals surface area (Å²) in [6.07, 6.45) is 0.891. The van der Waals surface area contributed by atoms with Crippen molar-refractivity contribution in [3.63, 3.8) is 0 Å². The normalized spacial score (nSPS) is 16.4. The summed E-state index contributed by atoms with van der Waals surface area (Å²) in [6, 6.07) is 3.57. The summed E-state index contributed by atoms with van der Waals surface area (Å²) in [5, 5.41) is 30.8. The van der Waals surface area contributed by atoms with E-state index in [2.05, 4.69) is 5.32 Å². The lowest BCUT2D eigenvalue weighted by atomic mass is 10.1. The zero-order valence-electron chi connectivity index (χ0n) is 10.5. The Labute approximate surface area is 106 Å². The summed E-state index contributed by atoms with van der Waals surface area (Å²) in [4.78, 5) is 0. The molecular formula is C12H21NO5. The molecule has 0 radical (unpaired) electrons. The van der Waals surface area contributed by atoms with Gasteiger partial charge in [0.25, 0.3) is 0 Å². The zero-order valence-corrected chi connectivity index (χ0v) is 10.5. The molecule has 1 rings (SSSR count). The average molecular weight is 259 g/mol. The van der Waals surface area contributed by atoms with Gasteiger partial charge in [-0.05, 0) is 19.1 Å². The maximum atomic E-state index is 9.59. The molecule has 4 N–H and O–H groups in total. The van der Waals surface area contributed by atoms with E-state index >= 15 is 0 Å². The molecule has 0 saturated heterocycles. The summed E-state index contributed by atoms with van der Waals surface area (Å²) in [6.45, 7) is 2.17. The Balaban J connectivity index is 2.05. The first kappa shape index (κ1) is 15.1. The maximum Gasteiger partial charge on any atom is 0.129 e. The highest BCUT2D eigenvalue weighted by molar-refractivity contribution is 4.96. The van der Waals surface area contributed by atoms with Gasteiger partial charge in [-0.1, -0.05) is 0 Å². The Morgan fingerprint density at radius 1 is 1.56 bits per heavy atom. The van der Waals surface area contributed by atoms with E-state index in [4.69, 9.17) is 14.3 Å². The molecule has 0 aliphatic rings. The van der Waals surface area contributed by atoms with Crippen LogP contribution in [0.3, 0.4) is 0 Å². The van der Waals surface area contributed by atoms with Gasteiger partial charge in [-0.3, -0.25) is 0 Å². The van der Waals surface area contributed by atoms with E-state index in [9.17, 15) is 10.2 Å². The molecule has 0 aliphatic carbocycles. The molecule has 0 bridgehead atoms. The lowest BCUT2D eigenvalue weighted by molar-refractivity contribution is -0.00586. The quantitative estimate of drug-likeness (QED) is 0.477. The van der Waals surface area contributed by atoms with Crippen LogP contribution in [0, 0.1) is 0 Å². The van der Waals surface area contributed by atoms with Crippen LogP contribution < -0.4 is 5.32 Å². The van der Waals surface area contributed by atoms with E-state index < -0.39 is 11.7 Å². The smallest absolute Gasteiger partial charge is 0.129 e. The Morgan fingerprint density at radius 3 is 2.94 bits per heavy atom. The van der Waals surface area contributed by atoms with Gasteiger partial charge < -0.3 is 29.8 Å². The summed E-state index contributed by atoms with van der Waals surface area (Å²) in [7, 11) is 0.